The first kappa shape index (κ1) is 19.7. The van der Waals surface area contributed by atoms with Gasteiger partial charge in [0.05, 0.1) is 17.4 Å². The Bertz CT molecular complexity index is 758. The summed E-state index contributed by atoms with van der Waals surface area (Å²) < 4.78 is 38.3. The summed E-state index contributed by atoms with van der Waals surface area (Å²) in [5.74, 6) is 0.681. The van der Waals surface area contributed by atoms with Gasteiger partial charge in [0.2, 0.25) is 0 Å². The van der Waals surface area contributed by atoms with Gasteiger partial charge in [-0.15, -0.1) is 0 Å². The topological polar surface area (TPSA) is 19.4 Å². The van der Waals surface area contributed by atoms with Crippen LogP contribution in [0.4, 0.5) is 18.9 Å². The summed E-state index contributed by atoms with van der Waals surface area (Å²) >= 11 is 0. The van der Waals surface area contributed by atoms with E-state index in [9.17, 15) is 13.2 Å². The molecule has 3 heterocycles. The van der Waals surface area contributed by atoms with Crippen molar-refractivity contribution >= 4 is 5.69 Å². The zero-order valence-electron chi connectivity index (χ0n) is 15.3. The average molecular weight is 375 g/mol. The van der Waals surface area contributed by atoms with Gasteiger partial charge in [-0.05, 0) is 49.1 Å². The van der Waals surface area contributed by atoms with Crippen LogP contribution in [0.1, 0.15) is 18.4 Å². The Labute approximate surface area is 158 Å². The summed E-state index contributed by atoms with van der Waals surface area (Å²) in [6, 6.07) is 7.34. The maximum Gasteiger partial charge on any atom is 0.416 e. The lowest BCUT2D eigenvalue weighted by Crippen LogP contribution is -2.35. The first-order chi connectivity index (χ1) is 12.5. The molecule has 0 spiro atoms. The number of halogens is 3. The molecule has 2 fully saturated rings. The molecule has 0 saturated carbocycles. The molecule has 2 bridgehead atoms. The minimum atomic E-state index is -4.31. The molecule has 3 nitrogen and oxygen atoms in total. The number of alkyl halides is 3. The molecule has 0 aliphatic carbocycles. The first-order valence-corrected chi connectivity index (χ1v) is 9.09. The Morgan fingerprint density at radius 3 is 2.44 bits per heavy atom. The molecule has 1 aromatic carbocycles. The number of aromatic nitrogens is 1. The van der Waals surface area contributed by atoms with E-state index in [1.807, 2.05) is 12.3 Å². The molecule has 27 heavy (non-hydrogen) atoms. The van der Waals surface area contributed by atoms with Crippen molar-refractivity contribution in [1.82, 2.24) is 9.88 Å². The smallest absolute Gasteiger partial charge is 0.369 e. The SMILES string of the molecule is FC(F)(F)c1ccc(-c2cncc(N3CCN4CCCC(C4)C3)c2)cc1.[CH2]. The molecule has 0 amide bonds. The number of hydrogen-bond donors (Lipinski definition) is 0. The van der Waals surface area contributed by atoms with Gasteiger partial charge in [0.15, 0.2) is 0 Å². The maximum absolute atomic E-state index is 12.8. The Kier molecular flexibility index (Phi) is 5.75. The number of nitrogens with zero attached hydrogens (tertiary/aromatic N) is 3. The van der Waals surface area contributed by atoms with Crippen LogP contribution in [0.5, 0.6) is 0 Å². The minimum Gasteiger partial charge on any atom is -0.369 e. The fourth-order valence-corrected chi connectivity index (χ4v) is 4.01. The van der Waals surface area contributed by atoms with Crippen molar-refractivity contribution in [3.05, 3.63) is 55.7 Å². The van der Waals surface area contributed by atoms with E-state index in [1.165, 1.54) is 38.1 Å². The summed E-state index contributed by atoms with van der Waals surface area (Å²) in [6.07, 6.45) is 1.79. The Hall–Kier alpha value is -2.08. The minimum absolute atomic E-state index is 0. The zero-order chi connectivity index (χ0) is 18.1. The summed E-state index contributed by atoms with van der Waals surface area (Å²) in [5, 5.41) is 0. The van der Waals surface area contributed by atoms with Crippen molar-refractivity contribution in [2.75, 3.05) is 37.6 Å². The molecule has 0 N–H and O–H groups in total. The summed E-state index contributed by atoms with van der Waals surface area (Å²) in [5.41, 5.74) is 2.03. The molecule has 1 aromatic heterocycles. The lowest BCUT2D eigenvalue weighted by Gasteiger charge is -2.29. The number of fused-ring (bicyclic) bond motifs is 2. The summed E-state index contributed by atoms with van der Waals surface area (Å²) in [4.78, 5) is 9.25. The molecule has 2 atom stereocenters. The van der Waals surface area contributed by atoms with Gasteiger partial charge in [-0.1, -0.05) is 19.6 Å². The fourth-order valence-electron chi connectivity index (χ4n) is 4.01. The second kappa shape index (κ2) is 7.89. The quantitative estimate of drug-likeness (QED) is 0.763. The number of rotatable bonds is 2. The van der Waals surface area contributed by atoms with Crippen molar-refractivity contribution < 1.29 is 13.2 Å². The monoisotopic (exact) mass is 375 g/mol. The van der Waals surface area contributed by atoms with Crippen molar-refractivity contribution in [3.8, 4) is 11.1 Å². The van der Waals surface area contributed by atoms with Gasteiger partial charge in [0.1, 0.15) is 0 Å². The van der Waals surface area contributed by atoms with E-state index in [0.717, 1.165) is 48.6 Å². The Morgan fingerprint density at radius 2 is 1.70 bits per heavy atom. The standard InChI is InChI=1S/C20H22F3N3.CH2/c21-20(22,23)18-5-3-16(4-6-18)17-10-19(12-24-11-17)26-9-8-25-7-1-2-15(13-25)14-26;/h3-6,10-12,15H,1-2,7-9,13-14H2;1H2. The van der Waals surface area contributed by atoms with Gasteiger partial charge in [-0.2, -0.15) is 13.2 Å². The molecule has 4 rings (SSSR count). The van der Waals surface area contributed by atoms with E-state index in [2.05, 4.69) is 14.8 Å². The van der Waals surface area contributed by atoms with Crippen molar-refractivity contribution in [2.45, 2.75) is 19.0 Å². The van der Waals surface area contributed by atoms with Crippen LogP contribution >= 0.6 is 0 Å². The third-order valence-electron chi connectivity index (χ3n) is 5.40. The van der Waals surface area contributed by atoms with Gasteiger partial charge < -0.3 is 9.80 Å². The third kappa shape index (κ3) is 4.43. The molecule has 2 unspecified atom stereocenters. The number of benzene rings is 1. The van der Waals surface area contributed by atoms with Crippen molar-refractivity contribution in [3.63, 3.8) is 0 Å². The van der Waals surface area contributed by atoms with Gasteiger partial charge in [-0.3, -0.25) is 4.98 Å². The number of anilines is 1. The van der Waals surface area contributed by atoms with E-state index in [0.29, 0.717) is 5.92 Å². The number of piperidine rings is 1. The fraction of sp³-hybridized carbons (Fsp3) is 0.429. The third-order valence-corrected chi connectivity index (χ3v) is 5.40. The highest BCUT2D eigenvalue weighted by Gasteiger charge is 2.30. The van der Waals surface area contributed by atoms with Crippen LogP contribution in [-0.4, -0.2) is 42.6 Å². The Balaban J connectivity index is 0.00000210. The van der Waals surface area contributed by atoms with Crippen LogP contribution in [0, 0.1) is 13.3 Å². The van der Waals surface area contributed by atoms with Crippen molar-refractivity contribution in [2.24, 2.45) is 5.92 Å². The highest BCUT2D eigenvalue weighted by molar-refractivity contribution is 5.67. The summed E-state index contributed by atoms with van der Waals surface area (Å²) in [7, 11) is 0. The molecule has 2 saturated heterocycles. The molecule has 2 aliphatic rings. The molecular formula is C21H24F3N3. The van der Waals surface area contributed by atoms with Crippen LogP contribution in [0.3, 0.4) is 0 Å². The molecule has 2 aliphatic heterocycles. The lowest BCUT2D eigenvalue weighted by atomic mass is 9.98. The van der Waals surface area contributed by atoms with Crippen LogP contribution < -0.4 is 4.90 Å². The van der Waals surface area contributed by atoms with Crippen LogP contribution in [0.25, 0.3) is 11.1 Å². The van der Waals surface area contributed by atoms with E-state index in [4.69, 9.17) is 0 Å². The van der Waals surface area contributed by atoms with Crippen LogP contribution in [0.2, 0.25) is 0 Å². The average Bonchev–Trinajstić information content (AvgIpc) is 2.79. The maximum atomic E-state index is 12.8. The van der Waals surface area contributed by atoms with Gasteiger partial charge >= 0.3 is 6.18 Å². The number of hydrogen-bond acceptors (Lipinski definition) is 3. The van der Waals surface area contributed by atoms with Crippen LogP contribution in [0.15, 0.2) is 42.7 Å². The molecule has 144 valence electrons. The molecule has 6 heteroatoms. The van der Waals surface area contributed by atoms with Crippen molar-refractivity contribution in [1.29, 1.82) is 0 Å². The largest absolute Gasteiger partial charge is 0.416 e. The first-order valence-electron chi connectivity index (χ1n) is 9.09. The predicted octanol–water partition coefficient (Wildman–Crippen LogP) is 4.63. The van der Waals surface area contributed by atoms with E-state index < -0.39 is 11.7 Å². The van der Waals surface area contributed by atoms with Gasteiger partial charge in [-0.25, -0.2) is 0 Å². The van der Waals surface area contributed by atoms with E-state index >= 15 is 0 Å². The highest BCUT2D eigenvalue weighted by Crippen LogP contribution is 2.32. The molecule has 2 aromatic rings. The second-order valence-corrected chi connectivity index (χ2v) is 7.26. The molecular weight excluding hydrogens is 351 g/mol. The summed E-state index contributed by atoms with van der Waals surface area (Å²) in [6.45, 7) is 5.40. The highest BCUT2D eigenvalue weighted by atomic mass is 19.4. The normalized spacial score (nSPS) is 22.7. The number of pyridine rings is 1. The molecule has 2 radical (unpaired) electrons. The van der Waals surface area contributed by atoms with Gasteiger partial charge in [0.25, 0.3) is 0 Å². The van der Waals surface area contributed by atoms with Crippen LogP contribution in [-0.2, 0) is 6.18 Å². The Morgan fingerprint density at radius 1 is 0.926 bits per heavy atom. The lowest BCUT2D eigenvalue weighted by molar-refractivity contribution is -0.137. The van der Waals surface area contributed by atoms with E-state index in [-0.39, 0.29) is 7.43 Å². The second-order valence-electron chi connectivity index (χ2n) is 7.26. The zero-order valence-corrected chi connectivity index (χ0v) is 15.3. The predicted molar refractivity (Wildman–Crippen MR) is 101 cm³/mol. The van der Waals surface area contributed by atoms with E-state index in [1.54, 1.807) is 6.20 Å². The van der Waals surface area contributed by atoms with Gasteiger partial charge in [0, 0.05) is 37.9 Å².